The molecule has 1 aromatic carbocycles. The number of hydrogen-bond acceptors (Lipinski definition) is 3. The number of carboxylic acid groups (broad SMARTS) is 1. The number of benzene rings is 1. The first-order chi connectivity index (χ1) is 11.4. The molecule has 1 fully saturated rings. The predicted molar refractivity (Wildman–Crippen MR) is 91.8 cm³/mol. The molecule has 0 saturated carbocycles. The van der Waals surface area contributed by atoms with Crippen molar-refractivity contribution in [1.29, 1.82) is 0 Å². The molecule has 1 heterocycles. The summed E-state index contributed by atoms with van der Waals surface area (Å²) >= 11 is 0. The molecule has 0 unspecified atom stereocenters. The molecule has 1 aromatic rings. The lowest BCUT2D eigenvalue weighted by molar-refractivity contribution is -0.132. The minimum Gasteiger partial charge on any atom is -0.478 e. The van der Waals surface area contributed by atoms with Crippen LogP contribution in [0.15, 0.2) is 35.9 Å². The standard InChI is InChI=1S/C19H25NO4/c1-13(2)11-16(19(23)24)12-14-3-5-15(6-4-14)18(22)20-9-7-17(21)8-10-20/h3-6,11,13,17,21H,7-10,12H2,1-2H3,(H,23,24). The average Bonchev–Trinajstić information content (AvgIpc) is 2.54. The van der Waals surface area contributed by atoms with Crippen LogP contribution in [0.25, 0.3) is 0 Å². The second kappa shape index (κ2) is 8.11. The highest BCUT2D eigenvalue weighted by molar-refractivity contribution is 5.94. The normalized spacial score (nSPS) is 16.5. The number of aliphatic hydroxyl groups excluding tert-OH is 1. The molecule has 5 heteroatoms. The third-order valence-electron chi connectivity index (χ3n) is 4.16. The fraction of sp³-hybridized carbons (Fsp3) is 0.474. The first-order valence-electron chi connectivity index (χ1n) is 8.37. The molecular weight excluding hydrogens is 306 g/mol. The zero-order valence-electron chi connectivity index (χ0n) is 14.2. The second-order valence-corrected chi connectivity index (χ2v) is 6.64. The number of hydrogen-bond donors (Lipinski definition) is 2. The van der Waals surface area contributed by atoms with Gasteiger partial charge in [-0.15, -0.1) is 0 Å². The van der Waals surface area contributed by atoms with Crippen molar-refractivity contribution in [3.8, 4) is 0 Å². The van der Waals surface area contributed by atoms with E-state index in [4.69, 9.17) is 0 Å². The maximum Gasteiger partial charge on any atom is 0.331 e. The van der Waals surface area contributed by atoms with E-state index in [0.717, 1.165) is 5.56 Å². The van der Waals surface area contributed by atoms with Crippen molar-refractivity contribution >= 4 is 11.9 Å². The first-order valence-corrected chi connectivity index (χ1v) is 8.37. The number of rotatable bonds is 5. The van der Waals surface area contributed by atoms with Gasteiger partial charge in [0.25, 0.3) is 5.91 Å². The van der Waals surface area contributed by atoms with Crippen LogP contribution in [0.2, 0.25) is 0 Å². The molecule has 2 N–H and O–H groups in total. The molecule has 130 valence electrons. The van der Waals surface area contributed by atoms with Gasteiger partial charge in [0, 0.05) is 30.6 Å². The van der Waals surface area contributed by atoms with Crippen LogP contribution in [0.1, 0.15) is 42.6 Å². The number of allylic oxidation sites excluding steroid dienone is 1. The van der Waals surface area contributed by atoms with Crippen LogP contribution >= 0.6 is 0 Å². The van der Waals surface area contributed by atoms with Gasteiger partial charge < -0.3 is 15.1 Å². The maximum atomic E-state index is 12.4. The van der Waals surface area contributed by atoms with Crippen molar-refractivity contribution in [2.24, 2.45) is 5.92 Å². The predicted octanol–water partition coefficient (Wildman–Crippen LogP) is 2.49. The summed E-state index contributed by atoms with van der Waals surface area (Å²) in [4.78, 5) is 25.5. The van der Waals surface area contributed by atoms with E-state index in [9.17, 15) is 19.8 Å². The molecule has 0 aliphatic carbocycles. The molecule has 0 radical (unpaired) electrons. The molecule has 2 rings (SSSR count). The summed E-state index contributed by atoms with van der Waals surface area (Å²) in [5.74, 6) is -0.772. The van der Waals surface area contributed by atoms with Gasteiger partial charge in [0.05, 0.1) is 6.10 Å². The number of nitrogens with zero attached hydrogens (tertiary/aromatic N) is 1. The van der Waals surface area contributed by atoms with E-state index in [1.165, 1.54) is 0 Å². The van der Waals surface area contributed by atoms with Crippen LogP contribution in [-0.2, 0) is 11.2 Å². The number of carbonyl (C=O) groups excluding carboxylic acids is 1. The van der Waals surface area contributed by atoms with E-state index < -0.39 is 5.97 Å². The van der Waals surface area contributed by atoms with Crippen LogP contribution in [0.4, 0.5) is 0 Å². The summed E-state index contributed by atoms with van der Waals surface area (Å²) < 4.78 is 0. The fourth-order valence-electron chi connectivity index (χ4n) is 2.84. The third kappa shape index (κ3) is 4.93. The number of carbonyl (C=O) groups is 2. The molecule has 1 aliphatic rings. The Labute approximate surface area is 142 Å². The van der Waals surface area contributed by atoms with Crippen LogP contribution in [0.3, 0.4) is 0 Å². The van der Waals surface area contributed by atoms with Crippen molar-refractivity contribution in [1.82, 2.24) is 4.90 Å². The summed E-state index contributed by atoms with van der Waals surface area (Å²) in [6.45, 7) is 5.03. The lowest BCUT2D eigenvalue weighted by atomic mass is 10.00. The summed E-state index contributed by atoms with van der Waals surface area (Å²) in [6, 6.07) is 7.11. The molecule has 0 spiro atoms. The molecule has 1 saturated heterocycles. The van der Waals surface area contributed by atoms with Crippen LogP contribution in [0, 0.1) is 5.92 Å². The lowest BCUT2D eigenvalue weighted by Gasteiger charge is -2.29. The van der Waals surface area contributed by atoms with Crippen molar-refractivity contribution in [3.63, 3.8) is 0 Å². The van der Waals surface area contributed by atoms with Crippen LogP contribution < -0.4 is 0 Å². The molecule has 0 bridgehead atoms. The number of aliphatic carboxylic acids is 1. The van der Waals surface area contributed by atoms with Crippen molar-refractivity contribution in [2.45, 2.75) is 39.2 Å². The molecular formula is C19H25NO4. The average molecular weight is 331 g/mol. The second-order valence-electron chi connectivity index (χ2n) is 6.64. The number of amides is 1. The van der Waals surface area contributed by atoms with Crippen molar-refractivity contribution in [3.05, 3.63) is 47.0 Å². The molecule has 0 aromatic heterocycles. The number of likely N-dealkylation sites (tertiary alicyclic amines) is 1. The number of carboxylic acids is 1. The quantitative estimate of drug-likeness (QED) is 0.813. The Hall–Kier alpha value is -2.14. The number of piperidine rings is 1. The first kappa shape index (κ1) is 18.2. The van der Waals surface area contributed by atoms with E-state index in [1.807, 2.05) is 26.0 Å². The van der Waals surface area contributed by atoms with Crippen LogP contribution in [-0.4, -0.2) is 46.2 Å². The monoisotopic (exact) mass is 331 g/mol. The number of aliphatic hydroxyl groups is 1. The highest BCUT2D eigenvalue weighted by atomic mass is 16.4. The highest BCUT2D eigenvalue weighted by Gasteiger charge is 2.22. The van der Waals surface area contributed by atoms with Gasteiger partial charge in [-0.2, -0.15) is 0 Å². The SMILES string of the molecule is CC(C)C=C(Cc1ccc(C(=O)N2CCC(O)CC2)cc1)C(=O)O. The van der Waals surface area contributed by atoms with Gasteiger partial charge in [0.2, 0.25) is 0 Å². The lowest BCUT2D eigenvalue weighted by Crippen LogP contribution is -2.40. The summed E-state index contributed by atoms with van der Waals surface area (Å²) in [6.07, 6.45) is 3.02. The Morgan fingerprint density at radius 3 is 2.29 bits per heavy atom. The van der Waals surface area contributed by atoms with Gasteiger partial charge in [0.15, 0.2) is 0 Å². The zero-order valence-corrected chi connectivity index (χ0v) is 14.2. The maximum absolute atomic E-state index is 12.4. The van der Waals surface area contributed by atoms with Gasteiger partial charge in [-0.3, -0.25) is 4.79 Å². The van der Waals surface area contributed by atoms with Crippen LogP contribution in [0.5, 0.6) is 0 Å². The highest BCUT2D eigenvalue weighted by Crippen LogP contribution is 2.16. The molecule has 5 nitrogen and oxygen atoms in total. The third-order valence-corrected chi connectivity index (χ3v) is 4.16. The minimum atomic E-state index is -0.907. The summed E-state index contributed by atoms with van der Waals surface area (Å²) in [7, 11) is 0. The molecule has 1 amide bonds. The van der Waals surface area contributed by atoms with E-state index in [1.54, 1.807) is 23.1 Å². The van der Waals surface area contributed by atoms with Gasteiger partial charge >= 0.3 is 5.97 Å². The van der Waals surface area contributed by atoms with Gasteiger partial charge in [0.1, 0.15) is 0 Å². The Morgan fingerprint density at radius 2 is 1.79 bits per heavy atom. The zero-order chi connectivity index (χ0) is 17.7. The summed E-state index contributed by atoms with van der Waals surface area (Å²) in [5, 5.41) is 18.8. The van der Waals surface area contributed by atoms with Gasteiger partial charge in [-0.25, -0.2) is 4.79 Å². The van der Waals surface area contributed by atoms with Crippen molar-refractivity contribution in [2.75, 3.05) is 13.1 Å². The Bertz CT molecular complexity index is 611. The molecule has 0 atom stereocenters. The Morgan fingerprint density at radius 1 is 1.21 bits per heavy atom. The summed E-state index contributed by atoms with van der Waals surface area (Å²) in [5.41, 5.74) is 1.84. The topological polar surface area (TPSA) is 77.8 Å². The van der Waals surface area contributed by atoms with E-state index in [0.29, 0.717) is 43.5 Å². The van der Waals surface area contributed by atoms with E-state index in [2.05, 4.69) is 0 Å². The Kier molecular flexibility index (Phi) is 6.15. The fourth-order valence-corrected chi connectivity index (χ4v) is 2.84. The van der Waals surface area contributed by atoms with Crippen molar-refractivity contribution < 1.29 is 19.8 Å². The van der Waals surface area contributed by atoms with E-state index >= 15 is 0 Å². The van der Waals surface area contributed by atoms with E-state index in [-0.39, 0.29) is 17.9 Å². The van der Waals surface area contributed by atoms with Gasteiger partial charge in [-0.1, -0.05) is 32.1 Å². The molecule has 24 heavy (non-hydrogen) atoms. The minimum absolute atomic E-state index is 0.0374. The smallest absolute Gasteiger partial charge is 0.331 e. The van der Waals surface area contributed by atoms with Gasteiger partial charge in [-0.05, 0) is 36.5 Å². The largest absolute Gasteiger partial charge is 0.478 e. The molecule has 1 aliphatic heterocycles. The Balaban J connectivity index is 2.04.